The molecule has 7 heteroatoms. The second-order valence-corrected chi connectivity index (χ2v) is 7.81. The van der Waals surface area contributed by atoms with Gasteiger partial charge in [-0.25, -0.2) is 4.39 Å². The lowest BCUT2D eigenvalue weighted by atomic mass is 9.93. The molecular formula is C21H28FN3O3. The Hall–Kier alpha value is -2.44. The summed E-state index contributed by atoms with van der Waals surface area (Å²) in [4.78, 5) is 40.0. The molecule has 2 aliphatic heterocycles. The Morgan fingerprint density at radius 2 is 2.07 bits per heavy atom. The third kappa shape index (κ3) is 5.30. The Morgan fingerprint density at radius 3 is 2.79 bits per heavy atom. The second-order valence-electron chi connectivity index (χ2n) is 7.81. The zero-order valence-corrected chi connectivity index (χ0v) is 16.4. The minimum Gasteiger partial charge on any atom is -0.341 e. The number of nitrogens with one attached hydrogen (secondary N) is 1. The van der Waals surface area contributed by atoms with Crippen molar-refractivity contribution in [3.8, 4) is 0 Å². The van der Waals surface area contributed by atoms with Crippen molar-refractivity contribution in [2.75, 3.05) is 31.5 Å². The Kier molecular flexibility index (Phi) is 6.65. The third-order valence-corrected chi connectivity index (χ3v) is 5.61. The first-order chi connectivity index (χ1) is 13.4. The maximum Gasteiger partial charge on any atom is 0.242 e. The molecule has 1 aromatic rings. The van der Waals surface area contributed by atoms with Crippen molar-refractivity contribution in [2.45, 2.75) is 45.4 Å². The maximum atomic E-state index is 13.2. The minimum absolute atomic E-state index is 0.00587. The highest BCUT2D eigenvalue weighted by Crippen LogP contribution is 2.23. The van der Waals surface area contributed by atoms with Gasteiger partial charge in [-0.3, -0.25) is 14.4 Å². The number of aryl methyl sites for hydroxylation is 1. The van der Waals surface area contributed by atoms with Crippen molar-refractivity contribution in [3.05, 3.63) is 29.6 Å². The summed E-state index contributed by atoms with van der Waals surface area (Å²) < 4.78 is 13.2. The summed E-state index contributed by atoms with van der Waals surface area (Å²) in [7, 11) is 0. The van der Waals surface area contributed by atoms with Gasteiger partial charge >= 0.3 is 0 Å². The fraction of sp³-hybridized carbons (Fsp3) is 0.571. The molecule has 0 saturated carbocycles. The van der Waals surface area contributed by atoms with Crippen molar-refractivity contribution in [2.24, 2.45) is 5.92 Å². The third-order valence-electron chi connectivity index (χ3n) is 5.61. The molecule has 0 spiro atoms. The number of likely N-dealkylation sites (tertiary alicyclic amines) is 2. The van der Waals surface area contributed by atoms with E-state index in [1.54, 1.807) is 17.9 Å². The van der Waals surface area contributed by atoms with Crippen LogP contribution in [-0.2, 0) is 14.4 Å². The van der Waals surface area contributed by atoms with E-state index in [0.717, 1.165) is 25.8 Å². The molecule has 1 aromatic carbocycles. The van der Waals surface area contributed by atoms with Gasteiger partial charge in [0.15, 0.2) is 0 Å². The number of carbonyl (C=O) groups excluding carboxylic acids is 3. The number of halogens is 1. The molecule has 1 N–H and O–H groups in total. The van der Waals surface area contributed by atoms with Crippen molar-refractivity contribution >= 4 is 23.4 Å². The van der Waals surface area contributed by atoms with Crippen LogP contribution in [0.4, 0.5) is 10.1 Å². The van der Waals surface area contributed by atoms with Gasteiger partial charge in [-0.05, 0) is 62.3 Å². The van der Waals surface area contributed by atoms with Gasteiger partial charge in [0.25, 0.3) is 0 Å². The maximum absolute atomic E-state index is 13.2. The Balaban J connectivity index is 1.44. The average molecular weight is 389 g/mol. The van der Waals surface area contributed by atoms with Crippen LogP contribution in [-0.4, -0.2) is 53.7 Å². The molecule has 0 radical (unpaired) electrons. The smallest absolute Gasteiger partial charge is 0.242 e. The lowest BCUT2D eigenvalue weighted by Gasteiger charge is -2.33. The topological polar surface area (TPSA) is 69.7 Å². The molecule has 6 nitrogen and oxygen atoms in total. The van der Waals surface area contributed by atoms with Crippen molar-refractivity contribution < 1.29 is 18.8 Å². The number of carbonyl (C=O) groups is 3. The summed E-state index contributed by atoms with van der Waals surface area (Å²) in [5, 5.41) is 2.83. The van der Waals surface area contributed by atoms with Crippen molar-refractivity contribution in [1.29, 1.82) is 0 Å². The zero-order valence-electron chi connectivity index (χ0n) is 16.4. The van der Waals surface area contributed by atoms with Gasteiger partial charge in [0, 0.05) is 38.2 Å². The van der Waals surface area contributed by atoms with E-state index in [9.17, 15) is 18.8 Å². The molecule has 1 atom stereocenters. The van der Waals surface area contributed by atoms with Crippen LogP contribution in [0.25, 0.3) is 0 Å². The Labute approximate surface area is 165 Å². The molecule has 2 saturated heterocycles. The number of hydrogen-bond donors (Lipinski definition) is 1. The predicted molar refractivity (Wildman–Crippen MR) is 104 cm³/mol. The average Bonchev–Trinajstić information content (AvgIpc) is 3.07. The van der Waals surface area contributed by atoms with Crippen LogP contribution in [0.5, 0.6) is 0 Å². The van der Waals surface area contributed by atoms with Crippen LogP contribution in [0.2, 0.25) is 0 Å². The molecule has 3 rings (SSSR count). The molecule has 2 fully saturated rings. The van der Waals surface area contributed by atoms with E-state index in [4.69, 9.17) is 0 Å². The number of benzene rings is 1. The minimum atomic E-state index is -0.321. The highest BCUT2D eigenvalue weighted by Gasteiger charge is 2.28. The van der Waals surface area contributed by atoms with Crippen LogP contribution in [0, 0.1) is 18.7 Å². The summed E-state index contributed by atoms with van der Waals surface area (Å²) in [5.41, 5.74) is 1.32. The quantitative estimate of drug-likeness (QED) is 0.813. The molecule has 0 bridgehead atoms. The molecule has 2 aliphatic rings. The van der Waals surface area contributed by atoms with Gasteiger partial charge in [0.05, 0.1) is 6.54 Å². The molecule has 28 heavy (non-hydrogen) atoms. The molecular weight excluding hydrogens is 361 g/mol. The Bertz CT molecular complexity index is 752. The van der Waals surface area contributed by atoms with Crippen LogP contribution in [0.15, 0.2) is 18.2 Å². The fourth-order valence-electron chi connectivity index (χ4n) is 3.98. The second kappa shape index (κ2) is 9.17. The van der Waals surface area contributed by atoms with E-state index < -0.39 is 0 Å². The Morgan fingerprint density at radius 1 is 1.25 bits per heavy atom. The lowest BCUT2D eigenvalue weighted by molar-refractivity contribution is -0.139. The molecule has 0 aromatic heterocycles. The van der Waals surface area contributed by atoms with Gasteiger partial charge in [-0.1, -0.05) is 0 Å². The summed E-state index contributed by atoms with van der Waals surface area (Å²) in [5.74, 6) is -0.0630. The van der Waals surface area contributed by atoms with Crippen LogP contribution in [0.3, 0.4) is 0 Å². The number of piperidine rings is 1. The molecule has 0 aliphatic carbocycles. The van der Waals surface area contributed by atoms with Gasteiger partial charge in [-0.2, -0.15) is 0 Å². The van der Waals surface area contributed by atoms with E-state index in [2.05, 4.69) is 5.32 Å². The number of nitrogens with zero attached hydrogens (tertiary/aromatic N) is 2. The van der Waals surface area contributed by atoms with E-state index >= 15 is 0 Å². The van der Waals surface area contributed by atoms with Gasteiger partial charge in [0.2, 0.25) is 17.7 Å². The SMILES string of the molecule is Cc1cc(F)ccc1NC(=O)CC[C@@H]1CCCN(C(=O)CN2CCCC2=O)C1. The number of amides is 3. The summed E-state index contributed by atoms with van der Waals surface area (Å²) in [6.07, 6.45) is 4.36. The van der Waals surface area contributed by atoms with E-state index in [-0.39, 0.29) is 36.0 Å². The van der Waals surface area contributed by atoms with Gasteiger partial charge in [-0.15, -0.1) is 0 Å². The van der Waals surface area contributed by atoms with Crippen molar-refractivity contribution in [3.63, 3.8) is 0 Å². The standard InChI is InChI=1S/C21H28FN3O3/c1-15-12-17(22)7-8-18(15)23-19(26)9-6-16-4-2-10-24(13-16)21(28)14-25-11-3-5-20(25)27/h7-8,12,16H,2-6,9-11,13-14H2,1H3,(H,23,26)/t16-/m0/s1. The van der Waals surface area contributed by atoms with E-state index in [0.29, 0.717) is 43.6 Å². The first kappa shape index (κ1) is 20.3. The number of anilines is 1. The zero-order chi connectivity index (χ0) is 20.1. The monoisotopic (exact) mass is 389 g/mol. The molecule has 0 unspecified atom stereocenters. The molecule has 2 heterocycles. The number of hydrogen-bond acceptors (Lipinski definition) is 3. The van der Waals surface area contributed by atoms with Crippen LogP contribution < -0.4 is 5.32 Å². The summed E-state index contributed by atoms with van der Waals surface area (Å²) in [6.45, 7) is 3.97. The predicted octanol–water partition coefficient (Wildman–Crippen LogP) is 2.71. The highest BCUT2D eigenvalue weighted by molar-refractivity contribution is 5.91. The molecule has 3 amide bonds. The van der Waals surface area contributed by atoms with Crippen molar-refractivity contribution in [1.82, 2.24) is 9.80 Å². The first-order valence-electron chi connectivity index (χ1n) is 10.0. The van der Waals surface area contributed by atoms with E-state index in [1.807, 2.05) is 4.90 Å². The van der Waals surface area contributed by atoms with Gasteiger partial charge in [0.1, 0.15) is 5.82 Å². The van der Waals surface area contributed by atoms with Crippen LogP contribution >= 0.6 is 0 Å². The normalized spacial score (nSPS) is 19.8. The highest BCUT2D eigenvalue weighted by atomic mass is 19.1. The largest absolute Gasteiger partial charge is 0.341 e. The van der Waals surface area contributed by atoms with Crippen LogP contribution in [0.1, 0.15) is 44.1 Å². The number of rotatable bonds is 6. The molecule has 152 valence electrons. The first-order valence-corrected chi connectivity index (χ1v) is 10.0. The van der Waals surface area contributed by atoms with E-state index in [1.165, 1.54) is 12.1 Å². The lowest BCUT2D eigenvalue weighted by Crippen LogP contribution is -2.45. The summed E-state index contributed by atoms with van der Waals surface area (Å²) in [6, 6.07) is 4.30. The fourth-order valence-corrected chi connectivity index (χ4v) is 3.98. The summed E-state index contributed by atoms with van der Waals surface area (Å²) >= 11 is 0. The van der Waals surface area contributed by atoms with Gasteiger partial charge < -0.3 is 15.1 Å².